The zero-order valence-corrected chi connectivity index (χ0v) is 8.42. The fraction of sp³-hybridized carbons (Fsp3) is 0.364. The summed E-state index contributed by atoms with van der Waals surface area (Å²) in [5.74, 6) is 0.433. The summed E-state index contributed by atoms with van der Waals surface area (Å²) < 4.78 is 0. The molecule has 0 unspecified atom stereocenters. The molecule has 0 aromatic heterocycles. The summed E-state index contributed by atoms with van der Waals surface area (Å²) >= 11 is 5.76. The van der Waals surface area contributed by atoms with Gasteiger partial charge in [-0.05, 0) is 30.0 Å². The fourth-order valence-corrected chi connectivity index (χ4v) is 1.40. The van der Waals surface area contributed by atoms with Crippen LogP contribution < -0.4 is 0 Å². The molecule has 2 heteroatoms. The van der Waals surface area contributed by atoms with E-state index >= 15 is 0 Å². The molecule has 70 valence electrons. The van der Waals surface area contributed by atoms with E-state index in [1.165, 1.54) is 5.56 Å². The lowest BCUT2D eigenvalue weighted by atomic mass is 9.97. The molecule has 0 N–H and O–H groups in total. The van der Waals surface area contributed by atoms with Gasteiger partial charge in [-0.25, -0.2) is 0 Å². The van der Waals surface area contributed by atoms with Crippen LogP contribution in [0.3, 0.4) is 0 Å². The minimum atomic E-state index is 0.433. The van der Waals surface area contributed by atoms with Crippen LogP contribution in [0.2, 0.25) is 5.02 Å². The van der Waals surface area contributed by atoms with Crippen molar-refractivity contribution in [3.8, 4) is 0 Å². The van der Waals surface area contributed by atoms with Gasteiger partial charge in [0.15, 0.2) is 0 Å². The van der Waals surface area contributed by atoms with Crippen LogP contribution in [0.25, 0.3) is 0 Å². The zero-order valence-electron chi connectivity index (χ0n) is 7.66. The first-order valence-corrected chi connectivity index (χ1v) is 4.81. The van der Waals surface area contributed by atoms with Crippen molar-refractivity contribution in [2.24, 2.45) is 0 Å². The molecule has 1 atom stereocenters. The average molecular weight is 197 g/mol. The molecule has 13 heavy (non-hydrogen) atoms. The summed E-state index contributed by atoms with van der Waals surface area (Å²) in [6, 6.07) is 7.79. The number of rotatable bonds is 4. The normalized spacial score (nSPS) is 12.5. The van der Waals surface area contributed by atoms with Gasteiger partial charge in [-0.2, -0.15) is 0 Å². The van der Waals surface area contributed by atoms with Gasteiger partial charge >= 0.3 is 0 Å². The first-order valence-electron chi connectivity index (χ1n) is 4.43. The Kier molecular flexibility index (Phi) is 3.97. The van der Waals surface area contributed by atoms with Gasteiger partial charge in [0, 0.05) is 11.4 Å². The lowest BCUT2D eigenvalue weighted by Gasteiger charge is -2.09. The first-order chi connectivity index (χ1) is 6.24. The largest absolute Gasteiger partial charge is 0.303 e. The molecule has 0 amide bonds. The van der Waals surface area contributed by atoms with Gasteiger partial charge in [0.05, 0.1) is 0 Å². The van der Waals surface area contributed by atoms with Gasteiger partial charge in [-0.1, -0.05) is 30.7 Å². The number of halogens is 1. The predicted molar refractivity (Wildman–Crippen MR) is 55.2 cm³/mol. The second kappa shape index (κ2) is 5.03. The molecule has 0 radical (unpaired) electrons. The fourth-order valence-electron chi connectivity index (χ4n) is 1.28. The van der Waals surface area contributed by atoms with E-state index in [2.05, 4.69) is 6.92 Å². The topological polar surface area (TPSA) is 17.1 Å². The van der Waals surface area contributed by atoms with E-state index in [4.69, 9.17) is 11.6 Å². The van der Waals surface area contributed by atoms with Crippen LogP contribution in [0, 0.1) is 0 Å². The van der Waals surface area contributed by atoms with Gasteiger partial charge in [0.1, 0.15) is 6.29 Å². The maximum atomic E-state index is 10.2. The maximum Gasteiger partial charge on any atom is 0.120 e. The molecule has 1 rings (SSSR count). The Morgan fingerprint density at radius 1 is 1.38 bits per heavy atom. The standard InChI is InChI=1S/C11H13ClO/c1-9(3-2-8-13)10-4-6-11(12)7-5-10/h4-9H,2-3H2,1H3/t9-/m1/s1. The molecule has 1 aromatic rings. The second-order valence-corrected chi connectivity index (χ2v) is 3.63. The monoisotopic (exact) mass is 196 g/mol. The number of hydrogen-bond donors (Lipinski definition) is 0. The summed E-state index contributed by atoms with van der Waals surface area (Å²) in [5.41, 5.74) is 1.24. The Bertz CT molecular complexity index is 266. The molecule has 1 nitrogen and oxygen atoms in total. The molecule has 0 saturated heterocycles. The van der Waals surface area contributed by atoms with Gasteiger partial charge in [-0.3, -0.25) is 0 Å². The summed E-state index contributed by atoms with van der Waals surface area (Å²) in [6.07, 6.45) is 2.50. The van der Waals surface area contributed by atoms with Crippen LogP contribution in [0.5, 0.6) is 0 Å². The molecule has 0 saturated carbocycles. The quantitative estimate of drug-likeness (QED) is 0.675. The number of benzene rings is 1. The highest BCUT2D eigenvalue weighted by atomic mass is 35.5. The van der Waals surface area contributed by atoms with Crippen molar-refractivity contribution in [3.63, 3.8) is 0 Å². The van der Waals surface area contributed by atoms with E-state index < -0.39 is 0 Å². The molecule has 0 aliphatic heterocycles. The van der Waals surface area contributed by atoms with Crippen molar-refractivity contribution in [1.29, 1.82) is 0 Å². The third-order valence-electron chi connectivity index (χ3n) is 2.16. The van der Waals surface area contributed by atoms with Crippen molar-refractivity contribution in [3.05, 3.63) is 34.9 Å². The van der Waals surface area contributed by atoms with E-state index in [1.807, 2.05) is 24.3 Å². The molecular weight excluding hydrogens is 184 g/mol. The number of carbonyl (C=O) groups excluding carboxylic acids is 1. The lowest BCUT2D eigenvalue weighted by Crippen LogP contribution is -1.93. The van der Waals surface area contributed by atoms with Crippen molar-refractivity contribution >= 4 is 17.9 Å². The van der Waals surface area contributed by atoms with Gasteiger partial charge in [-0.15, -0.1) is 0 Å². The highest BCUT2D eigenvalue weighted by Gasteiger charge is 2.03. The number of aldehydes is 1. The highest BCUT2D eigenvalue weighted by Crippen LogP contribution is 2.21. The summed E-state index contributed by atoms with van der Waals surface area (Å²) in [6.45, 7) is 2.12. The van der Waals surface area contributed by atoms with Crippen molar-refractivity contribution in [1.82, 2.24) is 0 Å². The van der Waals surface area contributed by atoms with Crippen LogP contribution in [0.1, 0.15) is 31.2 Å². The molecule has 0 aliphatic carbocycles. The molecule has 0 heterocycles. The van der Waals surface area contributed by atoms with E-state index in [9.17, 15) is 4.79 Å². The van der Waals surface area contributed by atoms with E-state index in [-0.39, 0.29) is 0 Å². The van der Waals surface area contributed by atoms with E-state index in [0.29, 0.717) is 12.3 Å². The molecule has 0 fully saturated rings. The van der Waals surface area contributed by atoms with Crippen molar-refractivity contribution < 1.29 is 4.79 Å². The van der Waals surface area contributed by atoms with Crippen LogP contribution in [-0.2, 0) is 4.79 Å². The maximum absolute atomic E-state index is 10.2. The summed E-state index contributed by atoms with van der Waals surface area (Å²) in [5, 5.41) is 0.756. The Balaban J connectivity index is 2.60. The zero-order chi connectivity index (χ0) is 9.68. The molecule has 1 aromatic carbocycles. The minimum Gasteiger partial charge on any atom is -0.303 e. The Labute approximate surface area is 83.7 Å². The van der Waals surface area contributed by atoms with Crippen molar-refractivity contribution in [2.75, 3.05) is 0 Å². The van der Waals surface area contributed by atoms with Gasteiger partial charge < -0.3 is 4.79 Å². The lowest BCUT2D eigenvalue weighted by molar-refractivity contribution is -0.108. The SMILES string of the molecule is C[C@H](CCC=O)c1ccc(Cl)cc1. The first kappa shape index (κ1) is 10.3. The third kappa shape index (κ3) is 3.19. The minimum absolute atomic E-state index is 0.433. The molecule has 0 aliphatic rings. The van der Waals surface area contributed by atoms with Gasteiger partial charge in [0.25, 0.3) is 0 Å². The van der Waals surface area contributed by atoms with Crippen LogP contribution in [0.4, 0.5) is 0 Å². The predicted octanol–water partition coefficient (Wildman–Crippen LogP) is 3.42. The van der Waals surface area contributed by atoms with Crippen molar-refractivity contribution in [2.45, 2.75) is 25.7 Å². The summed E-state index contributed by atoms with van der Waals surface area (Å²) in [4.78, 5) is 10.2. The molecule has 0 bridgehead atoms. The third-order valence-corrected chi connectivity index (χ3v) is 2.41. The Hall–Kier alpha value is -0.820. The summed E-state index contributed by atoms with van der Waals surface area (Å²) in [7, 11) is 0. The van der Waals surface area contributed by atoms with Crippen LogP contribution in [-0.4, -0.2) is 6.29 Å². The average Bonchev–Trinajstić information content (AvgIpc) is 2.15. The van der Waals surface area contributed by atoms with Gasteiger partial charge in [0.2, 0.25) is 0 Å². The molecular formula is C11H13ClO. The Morgan fingerprint density at radius 3 is 2.54 bits per heavy atom. The smallest absolute Gasteiger partial charge is 0.120 e. The second-order valence-electron chi connectivity index (χ2n) is 3.20. The Morgan fingerprint density at radius 2 is 2.00 bits per heavy atom. The highest BCUT2D eigenvalue weighted by molar-refractivity contribution is 6.30. The number of hydrogen-bond acceptors (Lipinski definition) is 1. The van der Waals surface area contributed by atoms with Crippen LogP contribution in [0.15, 0.2) is 24.3 Å². The number of carbonyl (C=O) groups is 1. The van der Waals surface area contributed by atoms with E-state index in [0.717, 1.165) is 17.7 Å². The van der Waals surface area contributed by atoms with Crippen LogP contribution >= 0.6 is 11.6 Å². The molecule has 0 spiro atoms. The van der Waals surface area contributed by atoms with E-state index in [1.54, 1.807) is 0 Å².